The Bertz CT molecular complexity index is 3180. The number of nitrogens with zero attached hydrogens (tertiary/aromatic N) is 3. The van der Waals surface area contributed by atoms with Gasteiger partial charge in [-0.25, -0.2) is 4.98 Å². The van der Waals surface area contributed by atoms with Gasteiger partial charge >= 0.3 is 0 Å². The van der Waals surface area contributed by atoms with Crippen LogP contribution in [0.3, 0.4) is 0 Å². The summed E-state index contributed by atoms with van der Waals surface area (Å²) in [6.45, 7) is 0. The maximum atomic E-state index is 5.38. The van der Waals surface area contributed by atoms with E-state index in [0.717, 1.165) is 83.5 Å². The maximum Gasteiger partial charge on any atom is 0.145 e. The van der Waals surface area contributed by atoms with Crippen molar-refractivity contribution in [2.24, 2.45) is 4.99 Å². The van der Waals surface area contributed by atoms with E-state index in [1.54, 1.807) is 0 Å². The van der Waals surface area contributed by atoms with Crippen LogP contribution in [0.5, 0.6) is 0 Å². The number of pyridine rings is 1. The van der Waals surface area contributed by atoms with Crippen LogP contribution in [0.15, 0.2) is 211 Å². The Morgan fingerprint density at radius 3 is 1.89 bits per heavy atom. The molecule has 1 aliphatic heterocycles. The molecule has 11 rings (SSSR count). The zero-order valence-corrected chi connectivity index (χ0v) is 31.0. The minimum Gasteiger partial charge on any atom is -0.360 e. The predicted molar refractivity (Wildman–Crippen MR) is 238 cm³/mol. The normalized spacial score (nSPS) is 14.1. The van der Waals surface area contributed by atoms with Crippen molar-refractivity contribution in [2.75, 3.05) is 0 Å². The third-order valence-electron chi connectivity index (χ3n) is 11.2. The molecule has 1 N–H and O–H groups in total. The molecule has 4 nitrogen and oxygen atoms in total. The molecule has 0 saturated heterocycles. The van der Waals surface area contributed by atoms with E-state index >= 15 is 0 Å². The second-order valence-electron chi connectivity index (χ2n) is 14.6. The first-order chi connectivity index (χ1) is 28.3. The van der Waals surface area contributed by atoms with Crippen LogP contribution in [-0.4, -0.2) is 15.3 Å². The van der Waals surface area contributed by atoms with E-state index in [1.807, 2.05) is 6.07 Å². The summed E-state index contributed by atoms with van der Waals surface area (Å²) in [6, 6.07) is 71.1. The van der Waals surface area contributed by atoms with Gasteiger partial charge in [0.1, 0.15) is 6.17 Å². The van der Waals surface area contributed by atoms with E-state index in [1.165, 1.54) is 16.2 Å². The smallest absolute Gasteiger partial charge is 0.145 e. The molecule has 0 radical (unpaired) electrons. The maximum absolute atomic E-state index is 5.38. The standard InChI is InChI=1S/C53H36N4/c1-5-17-35(18-6-1)46-34-47(56-53(55-46)37-21-9-3-10-22-37)39-24-15-23-38(33-39)41-28-16-29-44-49-48(57(52(41)44)40-25-11-4-12-26-40)32-31-43-42-27-13-14-30-45(42)54-51(50(43)49)36-19-7-2-8-20-36/h1-34,53,55H. The second kappa shape index (κ2) is 13.6. The Kier molecular flexibility index (Phi) is 7.85. The number of nitrogens with one attached hydrogen (secondary N) is 1. The highest BCUT2D eigenvalue weighted by atomic mass is 15.1. The first-order valence-electron chi connectivity index (χ1n) is 19.5. The Balaban J connectivity index is 1.18. The number of hydrogen-bond donors (Lipinski definition) is 1. The largest absolute Gasteiger partial charge is 0.360 e. The Labute approximate surface area is 330 Å². The zero-order valence-electron chi connectivity index (χ0n) is 31.0. The van der Waals surface area contributed by atoms with E-state index in [2.05, 4.69) is 210 Å². The van der Waals surface area contributed by atoms with Gasteiger partial charge in [0, 0.05) is 49.6 Å². The average molecular weight is 729 g/mol. The van der Waals surface area contributed by atoms with E-state index in [4.69, 9.17) is 9.98 Å². The first-order valence-corrected chi connectivity index (χ1v) is 19.5. The molecule has 10 aromatic rings. The fraction of sp³-hybridized carbons (Fsp3) is 0.0189. The summed E-state index contributed by atoms with van der Waals surface area (Å²) < 4.78 is 2.44. The van der Waals surface area contributed by atoms with Gasteiger partial charge < -0.3 is 9.88 Å². The number of aromatic nitrogens is 2. The zero-order chi connectivity index (χ0) is 37.7. The van der Waals surface area contributed by atoms with Gasteiger partial charge in [0.05, 0.1) is 28.0 Å². The quantitative estimate of drug-likeness (QED) is 0.173. The van der Waals surface area contributed by atoms with Crippen molar-refractivity contribution in [2.45, 2.75) is 6.17 Å². The number of para-hydroxylation sites is 3. The molecular weight excluding hydrogens is 693 g/mol. The van der Waals surface area contributed by atoms with Crippen molar-refractivity contribution in [1.29, 1.82) is 0 Å². The van der Waals surface area contributed by atoms with Crippen molar-refractivity contribution in [1.82, 2.24) is 14.9 Å². The lowest BCUT2D eigenvalue weighted by atomic mass is 9.94. The molecule has 2 aromatic heterocycles. The van der Waals surface area contributed by atoms with Gasteiger partial charge in [-0.1, -0.05) is 170 Å². The molecule has 0 amide bonds. The van der Waals surface area contributed by atoms with E-state index in [-0.39, 0.29) is 6.17 Å². The van der Waals surface area contributed by atoms with Crippen LogP contribution in [0, 0.1) is 0 Å². The highest BCUT2D eigenvalue weighted by molar-refractivity contribution is 6.29. The predicted octanol–water partition coefficient (Wildman–Crippen LogP) is 13.0. The molecule has 57 heavy (non-hydrogen) atoms. The van der Waals surface area contributed by atoms with Crippen molar-refractivity contribution < 1.29 is 0 Å². The van der Waals surface area contributed by atoms with Crippen molar-refractivity contribution in [3.63, 3.8) is 0 Å². The fourth-order valence-corrected chi connectivity index (χ4v) is 8.60. The second-order valence-corrected chi connectivity index (χ2v) is 14.6. The van der Waals surface area contributed by atoms with Gasteiger partial charge in [0.15, 0.2) is 0 Å². The van der Waals surface area contributed by atoms with Gasteiger partial charge in [0.25, 0.3) is 0 Å². The highest BCUT2D eigenvalue weighted by Gasteiger charge is 2.23. The van der Waals surface area contributed by atoms with Gasteiger partial charge in [-0.05, 0) is 58.5 Å². The van der Waals surface area contributed by atoms with E-state index < -0.39 is 0 Å². The number of allylic oxidation sites excluding steroid dienone is 1. The van der Waals surface area contributed by atoms with Crippen LogP contribution in [-0.2, 0) is 0 Å². The monoisotopic (exact) mass is 728 g/mol. The highest BCUT2D eigenvalue weighted by Crippen LogP contribution is 2.45. The summed E-state index contributed by atoms with van der Waals surface area (Å²) in [6.07, 6.45) is 1.97. The number of hydrogen-bond acceptors (Lipinski definition) is 3. The third-order valence-corrected chi connectivity index (χ3v) is 11.2. The Morgan fingerprint density at radius 2 is 1.11 bits per heavy atom. The SMILES string of the molecule is C1=C(c2ccccc2)NC(c2ccccc2)N=C1c1cccc(-c2cccc3c4c5c(-c6ccccc6)nc6ccccc6c5ccc4n(-c4ccccc4)c23)c1. The summed E-state index contributed by atoms with van der Waals surface area (Å²) in [5, 5.41) is 9.60. The van der Waals surface area contributed by atoms with E-state index in [0.29, 0.717) is 0 Å². The van der Waals surface area contributed by atoms with Crippen molar-refractivity contribution >= 4 is 54.9 Å². The molecule has 0 spiro atoms. The minimum absolute atomic E-state index is 0.217. The number of rotatable bonds is 6. The van der Waals surface area contributed by atoms with Crippen molar-refractivity contribution in [3.05, 3.63) is 223 Å². The molecule has 0 fully saturated rings. The van der Waals surface area contributed by atoms with Crippen LogP contribution < -0.4 is 5.32 Å². The van der Waals surface area contributed by atoms with Crippen LogP contribution in [0.25, 0.3) is 77.2 Å². The number of aliphatic imine (C=N–C) groups is 1. The number of fused-ring (bicyclic) bond motifs is 7. The minimum atomic E-state index is -0.217. The lowest BCUT2D eigenvalue weighted by molar-refractivity contribution is 0.664. The molecule has 1 aliphatic rings. The third kappa shape index (κ3) is 5.61. The molecule has 0 aliphatic carbocycles. The van der Waals surface area contributed by atoms with E-state index in [9.17, 15) is 0 Å². The van der Waals surface area contributed by atoms with Crippen molar-refractivity contribution in [3.8, 4) is 28.1 Å². The molecule has 0 saturated carbocycles. The summed E-state index contributed by atoms with van der Waals surface area (Å²) >= 11 is 0. The van der Waals surface area contributed by atoms with Gasteiger partial charge in [-0.3, -0.25) is 4.99 Å². The number of benzene rings is 8. The first kappa shape index (κ1) is 32.8. The van der Waals surface area contributed by atoms with Crippen LogP contribution in [0.2, 0.25) is 0 Å². The molecular formula is C53H36N4. The molecule has 1 atom stereocenters. The summed E-state index contributed by atoms with van der Waals surface area (Å²) in [5.41, 5.74) is 14.1. The summed E-state index contributed by atoms with van der Waals surface area (Å²) in [7, 11) is 0. The van der Waals surface area contributed by atoms with Gasteiger partial charge in [-0.2, -0.15) is 0 Å². The van der Waals surface area contributed by atoms with Crippen LogP contribution >= 0.6 is 0 Å². The summed E-state index contributed by atoms with van der Waals surface area (Å²) in [4.78, 5) is 10.7. The van der Waals surface area contributed by atoms with Crippen LogP contribution in [0.1, 0.15) is 22.9 Å². The molecule has 1 unspecified atom stereocenters. The average Bonchev–Trinajstić information content (AvgIpc) is 3.65. The Morgan fingerprint density at radius 1 is 0.474 bits per heavy atom. The molecule has 4 heteroatoms. The lowest BCUT2D eigenvalue weighted by Crippen LogP contribution is -2.24. The summed E-state index contributed by atoms with van der Waals surface area (Å²) in [5.74, 6) is 0. The topological polar surface area (TPSA) is 42.2 Å². The Hall–Kier alpha value is -7.56. The van der Waals surface area contributed by atoms with Gasteiger partial charge in [-0.15, -0.1) is 0 Å². The molecule has 8 aromatic carbocycles. The molecule has 3 heterocycles. The van der Waals surface area contributed by atoms with Gasteiger partial charge in [0.2, 0.25) is 0 Å². The van der Waals surface area contributed by atoms with Crippen LogP contribution in [0.4, 0.5) is 0 Å². The molecule has 268 valence electrons. The lowest BCUT2D eigenvalue weighted by Gasteiger charge is -2.25. The fourth-order valence-electron chi connectivity index (χ4n) is 8.60. The molecule has 0 bridgehead atoms.